The third kappa shape index (κ3) is 3.79. The number of carbonyl (C=O) groups is 1. The average Bonchev–Trinajstić information content (AvgIpc) is 2.62. The van der Waals surface area contributed by atoms with Crippen LogP contribution in [0.5, 0.6) is 5.75 Å². The number of alkyl halides is 2. The van der Waals surface area contributed by atoms with E-state index in [1.54, 1.807) is 11.1 Å². The summed E-state index contributed by atoms with van der Waals surface area (Å²) in [5.41, 5.74) is 0.461. The monoisotopic (exact) mass is 333 g/mol. The van der Waals surface area contributed by atoms with E-state index in [4.69, 9.17) is 0 Å². The molecule has 1 aliphatic rings. The second kappa shape index (κ2) is 7.25. The van der Waals surface area contributed by atoms with E-state index in [-0.39, 0.29) is 11.7 Å². The molecule has 1 amide bonds. The highest BCUT2D eigenvalue weighted by Crippen LogP contribution is 2.18. The third-order valence-electron chi connectivity index (χ3n) is 3.87. The molecule has 0 saturated carbocycles. The second-order valence-electron chi connectivity index (χ2n) is 5.37. The Morgan fingerprint density at radius 3 is 2.33 bits per heavy atom. The molecule has 1 fully saturated rings. The van der Waals surface area contributed by atoms with E-state index in [2.05, 4.69) is 14.6 Å². The van der Waals surface area contributed by atoms with Crippen LogP contribution in [0, 0.1) is 0 Å². The number of rotatable bonds is 4. The number of hydrogen-bond donors (Lipinski definition) is 0. The van der Waals surface area contributed by atoms with Gasteiger partial charge in [0, 0.05) is 37.9 Å². The van der Waals surface area contributed by atoms with Crippen LogP contribution in [0.4, 0.5) is 14.6 Å². The Labute approximate surface area is 138 Å². The predicted molar refractivity (Wildman–Crippen MR) is 85.4 cm³/mol. The summed E-state index contributed by atoms with van der Waals surface area (Å²) in [6.07, 6.45) is 1.75. The quantitative estimate of drug-likeness (QED) is 0.863. The van der Waals surface area contributed by atoms with Crippen molar-refractivity contribution in [1.29, 1.82) is 0 Å². The van der Waals surface area contributed by atoms with E-state index in [1.807, 2.05) is 18.2 Å². The molecule has 7 heteroatoms. The minimum atomic E-state index is -2.87. The van der Waals surface area contributed by atoms with Gasteiger partial charge in [0.2, 0.25) is 0 Å². The Kier molecular flexibility index (Phi) is 4.88. The van der Waals surface area contributed by atoms with Crippen LogP contribution >= 0.6 is 0 Å². The van der Waals surface area contributed by atoms with Crippen molar-refractivity contribution in [1.82, 2.24) is 9.88 Å². The van der Waals surface area contributed by atoms with E-state index < -0.39 is 6.61 Å². The van der Waals surface area contributed by atoms with Crippen molar-refractivity contribution in [2.75, 3.05) is 31.1 Å². The molecule has 3 rings (SSSR count). The van der Waals surface area contributed by atoms with E-state index in [0.29, 0.717) is 31.7 Å². The van der Waals surface area contributed by atoms with Crippen molar-refractivity contribution in [3.8, 4) is 5.75 Å². The highest BCUT2D eigenvalue weighted by molar-refractivity contribution is 5.94. The van der Waals surface area contributed by atoms with Gasteiger partial charge in [-0.1, -0.05) is 6.07 Å². The first-order valence-corrected chi connectivity index (χ1v) is 7.63. The lowest BCUT2D eigenvalue weighted by molar-refractivity contribution is -0.0498. The molecule has 0 bridgehead atoms. The van der Waals surface area contributed by atoms with Gasteiger partial charge >= 0.3 is 6.61 Å². The molecular weight excluding hydrogens is 316 g/mol. The van der Waals surface area contributed by atoms with Gasteiger partial charge in [0.25, 0.3) is 5.91 Å². The number of piperazine rings is 1. The van der Waals surface area contributed by atoms with Crippen LogP contribution in [-0.2, 0) is 0 Å². The molecule has 0 aliphatic carbocycles. The number of anilines is 1. The summed E-state index contributed by atoms with van der Waals surface area (Å²) in [5, 5.41) is 0. The molecule has 1 aromatic carbocycles. The number of carbonyl (C=O) groups excluding carboxylic acids is 1. The number of pyridine rings is 1. The van der Waals surface area contributed by atoms with E-state index in [9.17, 15) is 13.6 Å². The molecule has 5 nitrogen and oxygen atoms in total. The van der Waals surface area contributed by atoms with Crippen LogP contribution in [0.15, 0.2) is 48.7 Å². The third-order valence-corrected chi connectivity index (χ3v) is 3.87. The number of halogens is 2. The van der Waals surface area contributed by atoms with Crippen LogP contribution in [0.3, 0.4) is 0 Å². The van der Waals surface area contributed by atoms with Crippen LogP contribution in [0.2, 0.25) is 0 Å². The summed E-state index contributed by atoms with van der Waals surface area (Å²) in [6.45, 7) is -0.286. The molecule has 0 spiro atoms. The lowest BCUT2D eigenvalue weighted by Crippen LogP contribution is -2.49. The van der Waals surface area contributed by atoms with Crippen molar-refractivity contribution in [2.24, 2.45) is 0 Å². The lowest BCUT2D eigenvalue weighted by Gasteiger charge is -2.35. The molecule has 1 aromatic heterocycles. The zero-order chi connectivity index (χ0) is 16.9. The maximum Gasteiger partial charge on any atom is 0.387 e. The summed E-state index contributed by atoms with van der Waals surface area (Å²) in [6, 6.07) is 11.5. The van der Waals surface area contributed by atoms with E-state index >= 15 is 0 Å². The van der Waals surface area contributed by atoms with Gasteiger partial charge in [0.1, 0.15) is 11.6 Å². The molecule has 0 unspecified atom stereocenters. The molecule has 1 saturated heterocycles. The number of nitrogens with zero attached hydrogens (tertiary/aromatic N) is 3. The van der Waals surface area contributed by atoms with Crippen LogP contribution in [0.1, 0.15) is 10.4 Å². The van der Waals surface area contributed by atoms with Crippen molar-refractivity contribution in [3.05, 3.63) is 54.2 Å². The summed E-state index contributed by atoms with van der Waals surface area (Å²) < 4.78 is 28.6. The Balaban J connectivity index is 1.59. The van der Waals surface area contributed by atoms with Gasteiger partial charge in [-0.25, -0.2) is 4.98 Å². The van der Waals surface area contributed by atoms with Gasteiger partial charge in [-0.2, -0.15) is 8.78 Å². The van der Waals surface area contributed by atoms with Gasteiger partial charge in [-0.05, 0) is 36.4 Å². The largest absolute Gasteiger partial charge is 0.435 e. The van der Waals surface area contributed by atoms with Crippen molar-refractivity contribution < 1.29 is 18.3 Å². The van der Waals surface area contributed by atoms with Gasteiger partial charge in [-0.3, -0.25) is 4.79 Å². The Morgan fingerprint density at radius 2 is 1.75 bits per heavy atom. The fourth-order valence-electron chi connectivity index (χ4n) is 2.64. The molecule has 0 radical (unpaired) electrons. The minimum Gasteiger partial charge on any atom is -0.435 e. The first kappa shape index (κ1) is 16.2. The topological polar surface area (TPSA) is 45.7 Å². The number of benzene rings is 1. The van der Waals surface area contributed by atoms with Gasteiger partial charge in [0.05, 0.1) is 0 Å². The number of aromatic nitrogens is 1. The van der Waals surface area contributed by atoms with Gasteiger partial charge in [0.15, 0.2) is 0 Å². The van der Waals surface area contributed by atoms with Crippen LogP contribution in [-0.4, -0.2) is 48.6 Å². The first-order chi connectivity index (χ1) is 11.6. The summed E-state index contributed by atoms with van der Waals surface area (Å²) >= 11 is 0. The molecule has 2 heterocycles. The van der Waals surface area contributed by atoms with Crippen molar-refractivity contribution in [2.45, 2.75) is 6.61 Å². The average molecular weight is 333 g/mol. The van der Waals surface area contributed by atoms with E-state index in [1.165, 1.54) is 24.3 Å². The number of amides is 1. The molecule has 0 atom stereocenters. The van der Waals surface area contributed by atoms with Crippen molar-refractivity contribution >= 4 is 11.7 Å². The molecule has 1 aliphatic heterocycles. The normalized spacial score (nSPS) is 14.8. The smallest absolute Gasteiger partial charge is 0.387 e. The molecular formula is C17H17F2N3O2. The number of ether oxygens (including phenoxy) is 1. The lowest BCUT2D eigenvalue weighted by atomic mass is 10.1. The van der Waals surface area contributed by atoms with Crippen molar-refractivity contribution in [3.63, 3.8) is 0 Å². The maximum absolute atomic E-state index is 12.5. The molecule has 2 aromatic rings. The zero-order valence-corrected chi connectivity index (χ0v) is 12.9. The SMILES string of the molecule is O=C(c1ccc(OC(F)F)cc1)N1CCN(c2ccccn2)CC1. The first-order valence-electron chi connectivity index (χ1n) is 7.63. The second-order valence-corrected chi connectivity index (χ2v) is 5.37. The Bertz CT molecular complexity index is 672. The standard InChI is InChI=1S/C17H17F2N3O2/c18-17(19)24-14-6-4-13(5-7-14)16(23)22-11-9-21(10-12-22)15-3-1-2-8-20-15/h1-8,17H,9-12H2. The Morgan fingerprint density at radius 1 is 1.04 bits per heavy atom. The minimum absolute atomic E-state index is 0.0431. The van der Waals surface area contributed by atoms with Gasteiger partial charge < -0.3 is 14.5 Å². The molecule has 126 valence electrons. The zero-order valence-electron chi connectivity index (χ0n) is 12.9. The predicted octanol–water partition coefficient (Wildman–Crippen LogP) is 2.65. The summed E-state index contributed by atoms with van der Waals surface area (Å²) in [7, 11) is 0. The summed E-state index contributed by atoms with van der Waals surface area (Å²) in [4.78, 5) is 20.7. The van der Waals surface area contributed by atoms with Gasteiger partial charge in [-0.15, -0.1) is 0 Å². The number of hydrogen-bond acceptors (Lipinski definition) is 4. The fourth-order valence-corrected chi connectivity index (χ4v) is 2.64. The van der Waals surface area contributed by atoms with E-state index in [0.717, 1.165) is 5.82 Å². The highest BCUT2D eigenvalue weighted by Gasteiger charge is 2.22. The Hall–Kier alpha value is -2.70. The fraction of sp³-hybridized carbons (Fsp3) is 0.294. The highest BCUT2D eigenvalue weighted by atomic mass is 19.3. The van der Waals surface area contributed by atoms with Crippen LogP contribution < -0.4 is 9.64 Å². The maximum atomic E-state index is 12.5. The van der Waals surface area contributed by atoms with Crippen LogP contribution in [0.25, 0.3) is 0 Å². The molecule has 24 heavy (non-hydrogen) atoms. The molecule has 0 N–H and O–H groups in total. The summed E-state index contributed by atoms with van der Waals surface area (Å²) in [5.74, 6) is 0.832.